The van der Waals surface area contributed by atoms with Crippen molar-refractivity contribution in [1.29, 1.82) is 0 Å². The molecule has 0 fully saturated rings. The number of aliphatic hydroxyl groups is 1. The molecule has 0 aliphatic heterocycles. The van der Waals surface area contributed by atoms with Crippen molar-refractivity contribution in [2.45, 2.75) is 12.5 Å². The highest BCUT2D eigenvalue weighted by molar-refractivity contribution is 5.62. The first-order valence-electron chi connectivity index (χ1n) is 8.33. The van der Waals surface area contributed by atoms with Gasteiger partial charge in [-0.1, -0.05) is 30.4 Å². The molecule has 0 spiro atoms. The Kier molecular flexibility index (Phi) is 7.14. The molecule has 1 unspecified atom stereocenters. The summed E-state index contributed by atoms with van der Waals surface area (Å²) in [5.74, 6) is 1.00. The summed E-state index contributed by atoms with van der Waals surface area (Å²) in [6, 6.07) is 8.33. The number of benzene rings is 2. The third kappa shape index (κ3) is 5.43. The number of aliphatic hydroxyl groups excluding tert-OH is 1. The number of methoxy groups -OCH3 is 3. The third-order valence-electron chi connectivity index (χ3n) is 3.90. The second kappa shape index (κ2) is 9.54. The number of hydrogen-bond acceptors (Lipinski definition) is 6. The van der Waals surface area contributed by atoms with Crippen molar-refractivity contribution in [3.63, 3.8) is 0 Å². The fourth-order valence-electron chi connectivity index (χ4n) is 2.45. The van der Waals surface area contributed by atoms with E-state index in [0.29, 0.717) is 23.7 Å². The standard InChI is InChI=1S/C21H24O6/c1-25-18-11-14(8-10-17(18)23)5-4-6-16(22)9-7-15-12-19(26-2)21(24)20(13-15)27-3/h4-5,7-13,16,22-24H,6H2,1-3H3/b5-4+,9-7+. The Morgan fingerprint density at radius 2 is 1.44 bits per heavy atom. The molecular weight excluding hydrogens is 348 g/mol. The highest BCUT2D eigenvalue weighted by atomic mass is 16.5. The number of aromatic hydroxyl groups is 2. The molecular formula is C21H24O6. The van der Waals surface area contributed by atoms with Crippen LogP contribution in [-0.4, -0.2) is 42.8 Å². The lowest BCUT2D eigenvalue weighted by Gasteiger charge is -2.09. The van der Waals surface area contributed by atoms with E-state index >= 15 is 0 Å². The first-order valence-corrected chi connectivity index (χ1v) is 8.33. The molecule has 0 amide bonds. The van der Waals surface area contributed by atoms with E-state index < -0.39 is 6.10 Å². The van der Waals surface area contributed by atoms with Crippen molar-refractivity contribution in [3.05, 3.63) is 53.6 Å². The third-order valence-corrected chi connectivity index (χ3v) is 3.90. The predicted molar refractivity (Wildman–Crippen MR) is 105 cm³/mol. The van der Waals surface area contributed by atoms with E-state index in [1.165, 1.54) is 21.3 Å². The van der Waals surface area contributed by atoms with Gasteiger partial charge in [0.25, 0.3) is 0 Å². The molecule has 1 atom stereocenters. The molecule has 0 aliphatic carbocycles. The molecule has 0 aromatic heterocycles. The molecule has 2 aromatic rings. The maximum Gasteiger partial charge on any atom is 0.200 e. The highest BCUT2D eigenvalue weighted by Crippen LogP contribution is 2.37. The maximum absolute atomic E-state index is 10.1. The number of hydrogen-bond donors (Lipinski definition) is 3. The average molecular weight is 372 g/mol. The summed E-state index contributed by atoms with van der Waals surface area (Å²) >= 11 is 0. The number of rotatable bonds is 8. The highest BCUT2D eigenvalue weighted by Gasteiger charge is 2.10. The molecule has 0 heterocycles. The number of phenols is 2. The van der Waals surface area contributed by atoms with Gasteiger partial charge in [0, 0.05) is 0 Å². The van der Waals surface area contributed by atoms with Gasteiger partial charge >= 0.3 is 0 Å². The van der Waals surface area contributed by atoms with Gasteiger partial charge in [-0.05, 0) is 41.8 Å². The molecule has 6 nitrogen and oxygen atoms in total. The largest absolute Gasteiger partial charge is 0.504 e. The molecule has 0 saturated heterocycles. The Hall–Kier alpha value is -3.12. The van der Waals surface area contributed by atoms with E-state index in [9.17, 15) is 15.3 Å². The van der Waals surface area contributed by atoms with Crippen LogP contribution >= 0.6 is 0 Å². The van der Waals surface area contributed by atoms with Crippen LogP contribution in [0.2, 0.25) is 0 Å². The second-order valence-corrected chi connectivity index (χ2v) is 5.77. The van der Waals surface area contributed by atoms with Gasteiger partial charge in [0.15, 0.2) is 23.0 Å². The summed E-state index contributed by atoms with van der Waals surface area (Å²) in [6.07, 6.45) is 6.77. The quantitative estimate of drug-likeness (QED) is 0.656. The Labute approximate surface area is 158 Å². The molecule has 27 heavy (non-hydrogen) atoms. The van der Waals surface area contributed by atoms with Gasteiger partial charge < -0.3 is 29.5 Å². The molecule has 144 valence electrons. The predicted octanol–water partition coefficient (Wildman–Crippen LogP) is 3.60. The second-order valence-electron chi connectivity index (χ2n) is 5.77. The summed E-state index contributed by atoms with van der Waals surface area (Å²) < 4.78 is 15.3. The van der Waals surface area contributed by atoms with E-state index in [0.717, 1.165) is 11.1 Å². The topological polar surface area (TPSA) is 88.4 Å². The van der Waals surface area contributed by atoms with Crippen LogP contribution in [0.4, 0.5) is 0 Å². The zero-order chi connectivity index (χ0) is 19.8. The average Bonchev–Trinajstić information content (AvgIpc) is 2.68. The van der Waals surface area contributed by atoms with Gasteiger partial charge in [-0.15, -0.1) is 0 Å². The van der Waals surface area contributed by atoms with E-state index in [1.54, 1.807) is 42.5 Å². The zero-order valence-corrected chi connectivity index (χ0v) is 15.5. The van der Waals surface area contributed by atoms with E-state index in [1.807, 2.05) is 12.2 Å². The lowest BCUT2D eigenvalue weighted by atomic mass is 10.1. The van der Waals surface area contributed by atoms with Crippen molar-refractivity contribution >= 4 is 12.2 Å². The summed E-state index contributed by atoms with van der Waals surface area (Å²) in [5.41, 5.74) is 1.58. The van der Waals surface area contributed by atoms with Gasteiger partial charge in [0.05, 0.1) is 27.4 Å². The summed E-state index contributed by atoms with van der Waals surface area (Å²) in [6.45, 7) is 0. The van der Waals surface area contributed by atoms with Crippen molar-refractivity contribution in [3.8, 4) is 28.7 Å². The summed E-state index contributed by atoms with van der Waals surface area (Å²) in [7, 11) is 4.41. The summed E-state index contributed by atoms with van der Waals surface area (Å²) in [5, 5.41) is 29.6. The molecule has 0 aliphatic rings. The summed E-state index contributed by atoms with van der Waals surface area (Å²) in [4.78, 5) is 0. The molecule has 0 saturated carbocycles. The van der Waals surface area contributed by atoms with Crippen molar-refractivity contribution in [1.82, 2.24) is 0 Å². The zero-order valence-electron chi connectivity index (χ0n) is 15.5. The Balaban J connectivity index is 2.02. The van der Waals surface area contributed by atoms with Crippen LogP contribution in [0, 0.1) is 0 Å². The maximum atomic E-state index is 10.1. The number of phenolic OH excluding ortho intramolecular Hbond substituents is 2. The lowest BCUT2D eigenvalue weighted by molar-refractivity contribution is 0.228. The van der Waals surface area contributed by atoms with Crippen molar-refractivity contribution in [2.75, 3.05) is 21.3 Å². The molecule has 3 N–H and O–H groups in total. The molecule has 2 aromatic carbocycles. The fraction of sp³-hybridized carbons (Fsp3) is 0.238. The SMILES string of the molecule is COc1cc(/C=C/CC(O)/C=C/c2cc(OC)c(O)c(OC)c2)ccc1O. The number of ether oxygens (including phenoxy) is 3. The van der Waals surface area contributed by atoms with Crippen molar-refractivity contribution in [2.24, 2.45) is 0 Å². The normalized spacial score (nSPS) is 12.4. The minimum Gasteiger partial charge on any atom is -0.504 e. The van der Waals surface area contributed by atoms with Gasteiger partial charge in [-0.3, -0.25) is 0 Å². The first kappa shape index (κ1) is 20.2. The van der Waals surface area contributed by atoms with Gasteiger partial charge in [-0.25, -0.2) is 0 Å². The van der Waals surface area contributed by atoms with Gasteiger partial charge in [0.1, 0.15) is 0 Å². The van der Waals surface area contributed by atoms with E-state index in [-0.39, 0.29) is 11.5 Å². The molecule has 0 bridgehead atoms. The smallest absolute Gasteiger partial charge is 0.200 e. The van der Waals surface area contributed by atoms with Gasteiger partial charge in [-0.2, -0.15) is 0 Å². The Morgan fingerprint density at radius 3 is 2.04 bits per heavy atom. The van der Waals surface area contributed by atoms with Crippen LogP contribution in [0.5, 0.6) is 28.7 Å². The Morgan fingerprint density at radius 1 is 0.852 bits per heavy atom. The van der Waals surface area contributed by atoms with Crippen LogP contribution < -0.4 is 14.2 Å². The minimum atomic E-state index is -0.689. The van der Waals surface area contributed by atoms with Crippen LogP contribution in [-0.2, 0) is 0 Å². The van der Waals surface area contributed by atoms with Crippen molar-refractivity contribution < 1.29 is 29.5 Å². The van der Waals surface area contributed by atoms with Crippen LogP contribution in [0.3, 0.4) is 0 Å². The minimum absolute atomic E-state index is 0.0649. The van der Waals surface area contributed by atoms with Crippen LogP contribution in [0.15, 0.2) is 42.5 Å². The molecule has 0 radical (unpaired) electrons. The lowest BCUT2D eigenvalue weighted by Crippen LogP contribution is -1.99. The van der Waals surface area contributed by atoms with Crippen LogP contribution in [0.25, 0.3) is 12.2 Å². The Bertz CT molecular complexity index is 800. The monoisotopic (exact) mass is 372 g/mol. The fourth-order valence-corrected chi connectivity index (χ4v) is 2.45. The molecule has 6 heteroatoms. The molecule has 2 rings (SSSR count). The van der Waals surface area contributed by atoms with E-state index in [4.69, 9.17) is 14.2 Å². The van der Waals surface area contributed by atoms with E-state index in [2.05, 4.69) is 0 Å². The van der Waals surface area contributed by atoms with Crippen LogP contribution in [0.1, 0.15) is 17.5 Å². The first-order chi connectivity index (χ1) is 13.0. The van der Waals surface area contributed by atoms with Gasteiger partial charge in [0.2, 0.25) is 5.75 Å².